The van der Waals surface area contributed by atoms with Gasteiger partial charge in [0.2, 0.25) is 0 Å². The van der Waals surface area contributed by atoms with Crippen molar-refractivity contribution in [2.24, 2.45) is 0 Å². The Morgan fingerprint density at radius 3 is 1.64 bits per heavy atom. The van der Waals surface area contributed by atoms with Gasteiger partial charge < -0.3 is 4.18 Å². The molecule has 0 aliphatic rings. The Balaban J connectivity index is 1.86. The minimum atomic E-state index is -2.15. The normalized spacial score (nSPS) is 11.8. The van der Waals surface area contributed by atoms with Crippen LogP contribution in [0.4, 0.5) is 0 Å². The third-order valence-corrected chi connectivity index (χ3v) is 9.23. The highest BCUT2D eigenvalue weighted by Gasteiger charge is 2.35. The summed E-state index contributed by atoms with van der Waals surface area (Å²) in [7, 11) is -2.15. The number of unbranched alkanes of at least 4 members (excludes halogenated alkanes) is 6. The summed E-state index contributed by atoms with van der Waals surface area (Å²) in [6.45, 7) is 4.12. The molecule has 0 unspecified atom stereocenters. The molecule has 0 spiro atoms. The SMILES string of the molecule is CCCCCCCCCc1ccc(S(OC(=O)CC)(c2ccccc2)c2ccccc2)cc1. The molecule has 0 atom stereocenters. The largest absolute Gasteiger partial charge is 0.402 e. The van der Waals surface area contributed by atoms with Crippen molar-refractivity contribution in [3.05, 3.63) is 90.5 Å². The molecule has 0 fully saturated rings. The van der Waals surface area contributed by atoms with Crippen LogP contribution in [-0.4, -0.2) is 5.97 Å². The zero-order chi connectivity index (χ0) is 23.4. The van der Waals surface area contributed by atoms with Crippen molar-refractivity contribution in [2.75, 3.05) is 0 Å². The van der Waals surface area contributed by atoms with Crippen molar-refractivity contribution < 1.29 is 8.98 Å². The third kappa shape index (κ3) is 6.74. The second kappa shape index (κ2) is 13.3. The van der Waals surface area contributed by atoms with Gasteiger partial charge in [0, 0.05) is 21.1 Å². The van der Waals surface area contributed by atoms with Crippen LogP contribution in [0.5, 0.6) is 0 Å². The highest BCUT2D eigenvalue weighted by atomic mass is 32.3. The van der Waals surface area contributed by atoms with Crippen LogP contribution in [0.1, 0.15) is 70.8 Å². The summed E-state index contributed by atoms with van der Waals surface area (Å²) in [5, 5.41) is 0. The fraction of sp³-hybridized carbons (Fsp3) is 0.367. The van der Waals surface area contributed by atoms with Gasteiger partial charge in [0.05, 0.1) is 0 Å². The van der Waals surface area contributed by atoms with E-state index in [1.54, 1.807) is 0 Å². The van der Waals surface area contributed by atoms with Gasteiger partial charge in [-0.1, -0.05) is 101 Å². The Labute approximate surface area is 201 Å². The summed E-state index contributed by atoms with van der Waals surface area (Å²) >= 11 is 0. The Hall–Kier alpha value is -2.52. The van der Waals surface area contributed by atoms with Crippen LogP contribution in [0, 0.1) is 0 Å². The van der Waals surface area contributed by atoms with Gasteiger partial charge in [0.1, 0.15) is 0 Å². The first-order valence-corrected chi connectivity index (χ1v) is 14.0. The van der Waals surface area contributed by atoms with Crippen LogP contribution in [-0.2, 0) is 15.4 Å². The molecular weight excluding hydrogens is 424 g/mol. The van der Waals surface area contributed by atoms with Gasteiger partial charge >= 0.3 is 5.97 Å². The highest BCUT2D eigenvalue weighted by molar-refractivity contribution is 8.30. The van der Waals surface area contributed by atoms with E-state index in [1.165, 1.54) is 50.5 Å². The second-order valence-electron chi connectivity index (χ2n) is 8.51. The van der Waals surface area contributed by atoms with E-state index in [-0.39, 0.29) is 5.97 Å². The molecule has 0 N–H and O–H groups in total. The zero-order valence-electron chi connectivity index (χ0n) is 20.2. The molecule has 3 aromatic rings. The summed E-state index contributed by atoms with van der Waals surface area (Å²) in [6, 6.07) is 29.2. The Morgan fingerprint density at radius 2 is 1.12 bits per heavy atom. The lowest BCUT2D eigenvalue weighted by atomic mass is 10.0. The van der Waals surface area contributed by atoms with Gasteiger partial charge in [0.25, 0.3) is 0 Å². The molecule has 0 saturated carbocycles. The molecule has 0 saturated heterocycles. The van der Waals surface area contributed by atoms with Crippen LogP contribution < -0.4 is 0 Å². The molecule has 33 heavy (non-hydrogen) atoms. The quantitative estimate of drug-likeness (QED) is 0.237. The molecule has 0 radical (unpaired) electrons. The average molecular weight is 463 g/mol. The van der Waals surface area contributed by atoms with Crippen molar-refractivity contribution in [1.82, 2.24) is 0 Å². The number of benzene rings is 3. The van der Waals surface area contributed by atoms with Crippen LogP contribution >= 0.6 is 10.3 Å². The first-order valence-electron chi connectivity index (χ1n) is 12.5. The molecule has 0 aromatic heterocycles. The lowest BCUT2D eigenvalue weighted by molar-refractivity contribution is -0.133. The van der Waals surface area contributed by atoms with Gasteiger partial charge in [-0.15, -0.1) is 0 Å². The summed E-state index contributed by atoms with van der Waals surface area (Å²) in [4.78, 5) is 15.8. The first-order chi connectivity index (χ1) is 16.2. The Bertz CT molecular complexity index is 912. The number of rotatable bonds is 13. The summed E-state index contributed by atoms with van der Waals surface area (Å²) in [5.41, 5.74) is 1.35. The van der Waals surface area contributed by atoms with E-state index in [1.807, 2.05) is 43.3 Å². The van der Waals surface area contributed by atoms with Gasteiger partial charge in [0.15, 0.2) is 0 Å². The van der Waals surface area contributed by atoms with Crippen LogP contribution in [0.25, 0.3) is 0 Å². The predicted molar refractivity (Wildman–Crippen MR) is 140 cm³/mol. The van der Waals surface area contributed by atoms with E-state index < -0.39 is 10.3 Å². The fourth-order valence-corrected chi connectivity index (χ4v) is 7.21. The number of carbonyl (C=O) groups is 1. The Kier molecular flexibility index (Phi) is 10.1. The highest BCUT2D eigenvalue weighted by Crippen LogP contribution is 2.69. The Morgan fingerprint density at radius 1 is 0.636 bits per heavy atom. The van der Waals surface area contributed by atoms with E-state index in [0.29, 0.717) is 6.42 Å². The lowest BCUT2D eigenvalue weighted by Gasteiger charge is -2.39. The van der Waals surface area contributed by atoms with E-state index in [0.717, 1.165) is 21.1 Å². The predicted octanol–water partition coefficient (Wildman–Crippen LogP) is 9.13. The van der Waals surface area contributed by atoms with Crippen molar-refractivity contribution in [1.29, 1.82) is 0 Å². The molecular formula is C30H38O2S. The van der Waals surface area contributed by atoms with Crippen molar-refractivity contribution >= 4 is 16.3 Å². The molecule has 3 heteroatoms. The molecule has 3 aromatic carbocycles. The lowest BCUT2D eigenvalue weighted by Crippen LogP contribution is -2.13. The first kappa shape index (κ1) is 25.1. The van der Waals surface area contributed by atoms with E-state index in [4.69, 9.17) is 4.18 Å². The van der Waals surface area contributed by atoms with Crippen LogP contribution in [0.2, 0.25) is 0 Å². The van der Waals surface area contributed by atoms with Crippen LogP contribution in [0.15, 0.2) is 99.6 Å². The number of carbonyl (C=O) groups excluding carboxylic acids is 1. The van der Waals surface area contributed by atoms with Gasteiger partial charge in [-0.3, -0.25) is 4.79 Å². The molecule has 0 bridgehead atoms. The molecule has 0 aliphatic heterocycles. The maximum Gasteiger partial charge on any atom is 0.316 e. The second-order valence-corrected chi connectivity index (χ2v) is 11.2. The molecule has 0 aliphatic carbocycles. The summed E-state index contributed by atoms with van der Waals surface area (Å²) < 4.78 is 6.38. The van der Waals surface area contributed by atoms with E-state index >= 15 is 0 Å². The minimum Gasteiger partial charge on any atom is -0.402 e. The molecule has 176 valence electrons. The number of aryl methyl sites for hydroxylation is 1. The number of hydrogen-bond donors (Lipinski definition) is 0. The summed E-state index contributed by atoms with van der Waals surface area (Å²) in [5.74, 6) is -0.176. The number of hydrogen-bond acceptors (Lipinski definition) is 2. The fourth-order valence-electron chi connectivity index (χ4n) is 4.11. The van der Waals surface area contributed by atoms with Gasteiger partial charge in [-0.2, -0.15) is 0 Å². The maximum absolute atomic E-state index is 12.7. The smallest absolute Gasteiger partial charge is 0.316 e. The molecule has 0 heterocycles. The van der Waals surface area contributed by atoms with Crippen molar-refractivity contribution in [3.8, 4) is 0 Å². The molecule has 2 nitrogen and oxygen atoms in total. The van der Waals surface area contributed by atoms with Gasteiger partial charge in [-0.05, 0) is 65.1 Å². The van der Waals surface area contributed by atoms with Crippen LogP contribution in [0.3, 0.4) is 0 Å². The summed E-state index contributed by atoms with van der Waals surface area (Å²) in [6.07, 6.45) is 10.7. The standard InChI is InChI=1S/C30H38O2S/c1-3-5-6-7-8-9-12-17-26-22-24-29(25-23-26)33(32-30(31)4-2,27-18-13-10-14-19-27)28-20-15-11-16-21-28/h10-11,13-16,18-25H,3-9,12,17H2,1-2H3. The molecule has 0 amide bonds. The molecule has 3 rings (SSSR count). The third-order valence-electron chi connectivity index (χ3n) is 5.98. The topological polar surface area (TPSA) is 26.3 Å². The maximum atomic E-state index is 12.7. The van der Waals surface area contributed by atoms with Gasteiger partial charge in [-0.25, -0.2) is 0 Å². The van der Waals surface area contributed by atoms with E-state index in [2.05, 4.69) is 55.5 Å². The minimum absolute atomic E-state index is 0.176. The van der Waals surface area contributed by atoms with Crippen molar-refractivity contribution in [3.63, 3.8) is 0 Å². The van der Waals surface area contributed by atoms with Crippen molar-refractivity contribution in [2.45, 2.75) is 86.3 Å². The monoisotopic (exact) mass is 462 g/mol. The van der Waals surface area contributed by atoms with E-state index in [9.17, 15) is 4.79 Å². The zero-order valence-corrected chi connectivity index (χ0v) is 21.0. The average Bonchev–Trinajstić information content (AvgIpc) is 2.88.